The van der Waals surface area contributed by atoms with Gasteiger partial charge in [0.2, 0.25) is 0 Å². The van der Waals surface area contributed by atoms with Gasteiger partial charge >= 0.3 is 0 Å². The average Bonchev–Trinajstić information content (AvgIpc) is 2.63. The lowest BCUT2D eigenvalue weighted by Crippen LogP contribution is -2.02. The first-order valence-corrected chi connectivity index (χ1v) is 7.87. The molecule has 25 heavy (non-hydrogen) atoms. The molecule has 0 unspecified atom stereocenters. The van der Waals surface area contributed by atoms with E-state index in [0.717, 1.165) is 11.8 Å². The number of hydrogen-bond donors (Lipinski definition) is 1. The Bertz CT molecular complexity index is 934. The van der Waals surface area contributed by atoms with Gasteiger partial charge in [-0.25, -0.2) is 13.8 Å². The predicted octanol–water partition coefficient (Wildman–Crippen LogP) is 4.42. The van der Waals surface area contributed by atoms with E-state index in [1.54, 1.807) is 18.3 Å². The zero-order valence-corrected chi connectivity index (χ0v) is 14.0. The summed E-state index contributed by atoms with van der Waals surface area (Å²) >= 11 is 5.87. The first kappa shape index (κ1) is 17.1. The van der Waals surface area contributed by atoms with Gasteiger partial charge in [-0.1, -0.05) is 0 Å². The van der Waals surface area contributed by atoms with Crippen LogP contribution in [-0.4, -0.2) is 17.1 Å². The number of hydrogen-bond acceptors (Lipinski definition) is 4. The molecular formula is C18H14ClF2N3O. The van der Waals surface area contributed by atoms with Gasteiger partial charge in [-0.3, -0.25) is 4.98 Å². The Kier molecular flexibility index (Phi) is 4.81. The van der Waals surface area contributed by atoms with E-state index < -0.39 is 11.6 Å². The van der Waals surface area contributed by atoms with Gasteiger partial charge in [-0.05, 0) is 29.8 Å². The third-order valence-electron chi connectivity index (χ3n) is 3.73. The van der Waals surface area contributed by atoms with Crippen LogP contribution in [0.15, 0.2) is 42.7 Å². The highest BCUT2D eigenvalue weighted by atomic mass is 35.5. The minimum atomic E-state index is -0.618. The highest BCUT2D eigenvalue weighted by Gasteiger charge is 2.21. The van der Waals surface area contributed by atoms with Crippen molar-refractivity contribution in [2.45, 2.75) is 5.88 Å². The summed E-state index contributed by atoms with van der Waals surface area (Å²) in [6.45, 7) is 0. The van der Waals surface area contributed by atoms with E-state index in [4.69, 9.17) is 22.1 Å². The fraction of sp³-hybridized carbons (Fsp3) is 0.111. The maximum Gasteiger partial charge on any atom is 0.150 e. The molecule has 0 spiro atoms. The second-order valence-corrected chi connectivity index (χ2v) is 5.54. The van der Waals surface area contributed by atoms with Gasteiger partial charge in [0, 0.05) is 29.3 Å². The number of nitrogens with two attached hydrogens (primary N) is 1. The molecular weight excluding hydrogens is 348 g/mol. The predicted molar refractivity (Wildman–Crippen MR) is 93.3 cm³/mol. The molecule has 0 aliphatic carbocycles. The van der Waals surface area contributed by atoms with Gasteiger partial charge in [-0.15, -0.1) is 11.6 Å². The van der Waals surface area contributed by atoms with E-state index in [9.17, 15) is 8.78 Å². The van der Waals surface area contributed by atoms with Crippen LogP contribution in [0.5, 0.6) is 5.75 Å². The van der Waals surface area contributed by atoms with Crippen molar-refractivity contribution in [1.82, 2.24) is 9.97 Å². The zero-order chi connectivity index (χ0) is 18.0. The van der Waals surface area contributed by atoms with Crippen LogP contribution >= 0.6 is 11.6 Å². The van der Waals surface area contributed by atoms with Crippen LogP contribution in [0.3, 0.4) is 0 Å². The van der Waals surface area contributed by atoms with E-state index in [1.165, 1.54) is 25.3 Å². The van der Waals surface area contributed by atoms with E-state index >= 15 is 0 Å². The van der Waals surface area contributed by atoms with Crippen LogP contribution < -0.4 is 10.5 Å². The third kappa shape index (κ3) is 3.25. The van der Waals surface area contributed by atoms with Crippen LogP contribution in [-0.2, 0) is 5.88 Å². The largest absolute Gasteiger partial charge is 0.496 e. The molecule has 0 bridgehead atoms. The molecule has 3 rings (SSSR count). The summed E-state index contributed by atoms with van der Waals surface area (Å²) < 4.78 is 33.4. The maximum atomic E-state index is 14.7. The van der Waals surface area contributed by atoms with Gasteiger partial charge in [0.15, 0.2) is 0 Å². The average molecular weight is 362 g/mol. The summed E-state index contributed by atoms with van der Waals surface area (Å²) in [6, 6.07) is 7.29. The summed E-state index contributed by atoms with van der Waals surface area (Å²) in [5.74, 6) is -0.562. The fourth-order valence-electron chi connectivity index (χ4n) is 2.59. The van der Waals surface area contributed by atoms with Crippen molar-refractivity contribution in [3.63, 3.8) is 0 Å². The van der Waals surface area contributed by atoms with Gasteiger partial charge in [0.05, 0.1) is 24.6 Å². The lowest BCUT2D eigenvalue weighted by atomic mass is 9.96. The van der Waals surface area contributed by atoms with Gasteiger partial charge < -0.3 is 10.5 Å². The second kappa shape index (κ2) is 7.03. The van der Waals surface area contributed by atoms with Crippen molar-refractivity contribution < 1.29 is 13.5 Å². The van der Waals surface area contributed by atoms with Gasteiger partial charge in [0.1, 0.15) is 23.2 Å². The maximum absolute atomic E-state index is 14.7. The Labute approximate surface area is 148 Å². The molecule has 128 valence electrons. The van der Waals surface area contributed by atoms with Crippen LogP contribution in [0, 0.1) is 11.6 Å². The van der Waals surface area contributed by atoms with E-state index in [-0.39, 0.29) is 23.0 Å². The number of pyridine rings is 2. The lowest BCUT2D eigenvalue weighted by Gasteiger charge is -2.15. The quantitative estimate of drug-likeness (QED) is 0.699. The Morgan fingerprint density at radius 3 is 2.64 bits per heavy atom. The smallest absolute Gasteiger partial charge is 0.150 e. The molecule has 0 aliphatic rings. The van der Waals surface area contributed by atoms with Crippen LogP contribution in [0.2, 0.25) is 0 Å². The summed E-state index contributed by atoms with van der Waals surface area (Å²) in [6.07, 6.45) is 2.57. The van der Waals surface area contributed by atoms with Gasteiger partial charge in [-0.2, -0.15) is 0 Å². The number of benzene rings is 1. The number of anilines is 1. The molecule has 3 aromatic rings. The number of methoxy groups -OCH3 is 1. The number of aromatic nitrogens is 2. The molecule has 0 saturated carbocycles. The molecule has 7 heteroatoms. The van der Waals surface area contributed by atoms with E-state index in [2.05, 4.69) is 9.97 Å². The number of rotatable bonds is 4. The Hall–Kier alpha value is -2.73. The molecule has 2 aromatic heterocycles. The molecule has 0 fully saturated rings. The summed E-state index contributed by atoms with van der Waals surface area (Å²) in [7, 11) is 1.38. The Morgan fingerprint density at radius 1 is 1.12 bits per heavy atom. The SMILES string of the molecule is COc1cc(F)ccc1-c1c(F)cnc(N)c1-c1cc(CCl)ccn1. The standard InChI is InChI=1S/C18H14ClF2N3O/c1-25-15-7-11(20)2-3-12(15)16-13(21)9-24-18(22)17(16)14-6-10(8-19)4-5-23-14/h2-7,9H,8H2,1H3,(H2,22,24). The fourth-order valence-corrected chi connectivity index (χ4v) is 2.76. The summed E-state index contributed by atoms with van der Waals surface area (Å²) in [4.78, 5) is 8.14. The van der Waals surface area contributed by atoms with Crippen molar-refractivity contribution >= 4 is 17.4 Å². The van der Waals surface area contributed by atoms with Crippen molar-refractivity contribution in [3.8, 4) is 28.1 Å². The molecule has 0 aliphatic heterocycles. The molecule has 0 saturated heterocycles. The van der Waals surface area contributed by atoms with Crippen LogP contribution in [0.25, 0.3) is 22.4 Å². The van der Waals surface area contributed by atoms with Crippen molar-refractivity contribution in [1.29, 1.82) is 0 Å². The normalized spacial score (nSPS) is 10.7. The highest BCUT2D eigenvalue weighted by molar-refractivity contribution is 6.17. The summed E-state index contributed by atoms with van der Waals surface area (Å²) in [5, 5.41) is 0. The van der Waals surface area contributed by atoms with Gasteiger partial charge in [0.25, 0.3) is 0 Å². The van der Waals surface area contributed by atoms with Crippen LogP contribution in [0.4, 0.5) is 14.6 Å². The lowest BCUT2D eigenvalue weighted by molar-refractivity contribution is 0.412. The molecule has 0 radical (unpaired) electrons. The number of halogens is 3. The third-order valence-corrected chi connectivity index (χ3v) is 4.04. The highest BCUT2D eigenvalue weighted by Crippen LogP contribution is 2.41. The molecule has 0 atom stereocenters. The molecule has 4 nitrogen and oxygen atoms in total. The van der Waals surface area contributed by atoms with E-state index in [0.29, 0.717) is 16.8 Å². The molecule has 1 aromatic carbocycles. The monoisotopic (exact) mass is 361 g/mol. The molecule has 2 heterocycles. The number of nitrogen functional groups attached to an aromatic ring is 1. The van der Waals surface area contributed by atoms with Crippen molar-refractivity contribution in [2.24, 2.45) is 0 Å². The Balaban J connectivity index is 2.33. The van der Waals surface area contributed by atoms with Crippen LogP contribution in [0.1, 0.15) is 5.56 Å². The zero-order valence-electron chi connectivity index (χ0n) is 13.3. The topological polar surface area (TPSA) is 61.0 Å². The number of nitrogens with zero attached hydrogens (tertiary/aromatic N) is 2. The molecule has 2 N–H and O–H groups in total. The minimum absolute atomic E-state index is 0.0991. The molecule has 0 amide bonds. The second-order valence-electron chi connectivity index (χ2n) is 5.27. The number of alkyl halides is 1. The minimum Gasteiger partial charge on any atom is -0.496 e. The Morgan fingerprint density at radius 2 is 1.92 bits per heavy atom. The number of ether oxygens (including phenoxy) is 1. The van der Waals surface area contributed by atoms with E-state index in [1.807, 2.05) is 0 Å². The first-order chi connectivity index (χ1) is 12.0. The van der Waals surface area contributed by atoms with Crippen molar-refractivity contribution in [3.05, 3.63) is 59.9 Å². The van der Waals surface area contributed by atoms with Crippen molar-refractivity contribution in [2.75, 3.05) is 12.8 Å². The summed E-state index contributed by atoms with van der Waals surface area (Å²) in [5.41, 5.74) is 8.02. The first-order valence-electron chi connectivity index (χ1n) is 7.34.